The van der Waals surface area contributed by atoms with E-state index in [2.05, 4.69) is 40.0 Å². The molecule has 1 N–H and O–H groups in total. The Bertz CT molecular complexity index is 740. The Morgan fingerprint density at radius 2 is 2.05 bits per heavy atom. The maximum atomic E-state index is 4.74. The molecule has 0 spiro atoms. The molecule has 0 bridgehead atoms. The first-order valence-electron chi connectivity index (χ1n) is 7.34. The minimum absolute atomic E-state index is 0.0102. The van der Waals surface area contributed by atoms with E-state index in [0.29, 0.717) is 0 Å². The molecule has 0 radical (unpaired) electrons. The van der Waals surface area contributed by atoms with Crippen molar-refractivity contribution >= 4 is 10.9 Å². The zero-order valence-corrected chi connectivity index (χ0v) is 12.7. The van der Waals surface area contributed by atoms with E-state index in [-0.39, 0.29) is 6.04 Å². The van der Waals surface area contributed by atoms with E-state index in [1.54, 1.807) is 0 Å². The summed E-state index contributed by atoms with van der Waals surface area (Å²) in [5.74, 6) is 0.993. The Balaban J connectivity index is 2.12. The van der Waals surface area contributed by atoms with E-state index < -0.39 is 0 Å². The molecular formula is C16H21N5. The van der Waals surface area contributed by atoms with Crippen LogP contribution in [0.2, 0.25) is 0 Å². The van der Waals surface area contributed by atoms with Gasteiger partial charge in [-0.05, 0) is 19.0 Å². The van der Waals surface area contributed by atoms with Gasteiger partial charge < -0.3 is 9.88 Å². The second-order valence-corrected chi connectivity index (χ2v) is 5.31. The lowest BCUT2D eigenvalue weighted by atomic mass is 10.1. The summed E-state index contributed by atoms with van der Waals surface area (Å²) in [6.45, 7) is 3.10. The van der Waals surface area contributed by atoms with Gasteiger partial charge in [0.2, 0.25) is 0 Å². The maximum absolute atomic E-state index is 4.74. The third-order valence-electron chi connectivity index (χ3n) is 3.77. The molecule has 0 aliphatic heterocycles. The highest BCUT2D eigenvalue weighted by atomic mass is 15.3. The highest BCUT2D eigenvalue weighted by molar-refractivity contribution is 5.82. The molecule has 0 amide bonds. The summed E-state index contributed by atoms with van der Waals surface area (Å²) in [5, 5.41) is 9.49. The maximum Gasteiger partial charge on any atom is 0.131 e. The predicted molar refractivity (Wildman–Crippen MR) is 84.1 cm³/mol. The summed E-state index contributed by atoms with van der Waals surface area (Å²) in [6, 6.07) is 8.34. The van der Waals surface area contributed by atoms with Crippen molar-refractivity contribution in [2.75, 3.05) is 6.54 Å². The lowest BCUT2D eigenvalue weighted by Gasteiger charge is -2.16. The van der Waals surface area contributed by atoms with E-state index >= 15 is 0 Å². The molecule has 5 heteroatoms. The number of imidazole rings is 1. The summed E-state index contributed by atoms with van der Waals surface area (Å²) in [4.78, 5) is 4.51. The van der Waals surface area contributed by atoms with Crippen LogP contribution in [0, 0.1) is 0 Å². The Hall–Kier alpha value is -2.14. The van der Waals surface area contributed by atoms with Gasteiger partial charge in [0.15, 0.2) is 0 Å². The van der Waals surface area contributed by atoms with Crippen LogP contribution >= 0.6 is 0 Å². The van der Waals surface area contributed by atoms with Gasteiger partial charge in [-0.2, -0.15) is 5.10 Å². The third kappa shape index (κ3) is 2.45. The van der Waals surface area contributed by atoms with E-state index in [1.807, 2.05) is 37.2 Å². The zero-order valence-electron chi connectivity index (χ0n) is 12.7. The van der Waals surface area contributed by atoms with Crippen molar-refractivity contribution in [3.63, 3.8) is 0 Å². The second-order valence-electron chi connectivity index (χ2n) is 5.31. The van der Waals surface area contributed by atoms with Crippen molar-refractivity contribution in [3.8, 4) is 0 Å². The monoisotopic (exact) mass is 283 g/mol. The Morgan fingerprint density at radius 3 is 2.76 bits per heavy atom. The van der Waals surface area contributed by atoms with Crippen molar-refractivity contribution < 1.29 is 0 Å². The molecule has 110 valence electrons. The number of hydrogen-bond donors (Lipinski definition) is 1. The Kier molecular flexibility index (Phi) is 3.75. The molecule has 0 saturated carbocycles. The number of hydrogen-bond acceptors (Lipinski definition) is 3. The molecule has 0 aliphatic rings. The molecule has 3 aromatic rings. The smallest absolute Gasteiger partial charge is 0.131 e. The fourth-order valence-electron chi connectivity index (χ4n) is 2.71. The number of benzene rings is 1. The van der Waals surface area contributed by atoms with Crippen LogP contribution in [0.25, 0.3) is 10.9 Å². The van der Waals surface area contributed by atoms with Gasteiger partial charge in [0.05, 0.1) is 11.2 Å². The number of rotatable bonds is 5. The van der Waals surface area contributed by atoms with Gasteiger partial charge in [-0.15, -0.1) is 0 Å². The fourth-order valence-corrected chi connectivity index (χ4v) is 2.71. The van der Waals surface area contributed by atoms with E-state index in [0.717, 1.165) is 30.0 Å². The van der Waals surface area contributed by atoms with Gasteiger partial charge in [0.25, 0.3) is 0 Å². The van der Waals surface area contributed by atoms with Crippen LogP contribution < -0.4 is 5.32 Å². The molecule has 21 heavy (non-hydrogen) atoms. The number of aryl methyl sites for hydroxylation is 2. The van der Waals surface area contributed by atoms with E-state index in [9.17, 15) is 0 Å². The number of fused-ring (bicyclic) bond motifs is 1. The molecule has 1 unspecified atom stereocenters. The van der Waals surface area contributed by atoms with Crippen LogP contribution in [0.1, 0.15) is 30.9 Å². The molecule has 3 rings (SSSR count). The summed E-state index contributed by atoms with van der Waals surface area (Å²) >= 11 is 0. The highest BCUT2D eigenvalue weighted by Crippen LogP contribution is 2.27. The van der Waals surface area contributed by atoms with Crippen LogP contribution in [0.4, 0.5) is 0 Å². The van der Waals surface area contributed by atoms with Crippen LogP contribution in [-0.4, -0.2) is 25.9 Å². The molecular weight excluding hydrogens is 262 g/mol. The average Bonchev–Trinajstić information content (AvgIpc) is 3.06. The second kappa shape index (κ2) is 5.69. The van der Waals surface area contributed by atoms with E-state index in [1.165, 1.54) is 5.39 Å². The highest BCUT2D eigenvalue weighted by Gasteiger charge is 2.23. The number of nitrogens with one attached hydrogen (secondary N) is 1. The van der Waals surface area contributed by atoms with Crippen molar-refractivity contribution in [1.82, 2.24) is 24.6 Å². The average molecular weight is 283 g/mol. The summed E-state index contributed by atoms with van der Waals surface area (Å²) < 4.78 is 3.99. The van der Waals surface area contributed by atoms with Gasteiger partial charge in [-0.25, -0.2) is 4.98 Å². The van der Waals surface area contributed by atoms with Crippen LogP contribution in [0.15, 0.2) is 36.7 Å². The van der Waals surface area contributed by atoms with Gasteiger partial charge >= 0.3 is 0 Å². The molecule has 0 fully saturated rings. The van der Waals surface area contributed by atoms with Crippen molar-refractivity contribution in [1.29, 1.82) is 0 Å². The normalized spacial score (nSPS) is 12.9. The first-order chi connectivity index (χ1) is 10.2. The standard InChI is InChI=1S/C16H21N5/c1-4-9-17-15(16-18-10-11-20(16)2)14-12-7-5-6-8-13(12)21(3)19-14/h5-8,10-11,15,17H,4,9H2,1-3H3. The third-order valence-corrected chi connectivity index (χ3v) is 3.77. The van der Waals surface area contributed by atoms with E-state index in [4.69, 9.17) is 5.10 Å². The minimum Gasteiger partial charge on any atom is -0.336 e. The zero-order chi connectivity index (χ0) is 14.8. The lowest BCUT2D eigenvalue weighted by Crippen LogP contribution is -2.26. The van der Waals surface area contributed by atoms with Crippen LogP contribution in [0.5, 0.6) is 0 Å². The van der Waals surface area contributed by atoms with Gasteiger partial charge in [-0.1, -0.05) is 25.1 Å². The summed E-state index contributed by atoms with van der Waals surface area (Å²) in [7, 11) is 4.01. The quantitative estimate of drug-likeness (QED) is 0.782. The number of aromatic nitrogens is 4. The molecule has 2 aromatic heterocycles. The molecule has 2 heterocycles. The molecule has 0 saturated heterocycles. The van der Waals surface area contributed by atoms with Crippen LogP contribution in [0.3, 0.4) is 0 Å². The van der Waals surface area contributed by atoms with Crippen molar-refractivity contribution in [2.24, 2.45) is 14.1 Å². The topological polar surface area (TPSA) is 47.7 Å². The molecule has 1 atom stereocenters. The fraction of sp³-hybridized carbons (Fsp3) is 0.375. The first-order valence-corrected chi connectivity index (χ1v) is 7.34. The summed E-state index contributed by atoms with van der Waals surface area (Å²) in [5.41, 5.74) is 2.18. The van der Waals surface area contributed by atoms with Gasteiger partial charge in [-0.3, -0.25) is 4.68 Å². The predicted octanol–water partition coefficient (Wildman–Crippen LogP) is 2.40. The summed E-state index contributed by atoms with van der Waals surface area (Å²) in [6.07, 6.45) is 4.88. The minimum atomic E-state index is 0.0102. The first kappa shape index (κ1) is 13.8. The Morgan fingerprint density at radius 1 is 1.24 bits per heavy atom. The lowest BCUT2D eigenvalue weighted by molar-refractivity contribution is 0.540. The van der Waals surface area contributed by atoms with Crippen molar-refractivity contribution in [3.05, 3.63) is 48.2 Å². The van der Waals surface area contributed by atoms with Gasteiger partial charge in [0.1, 0.15) is 11.9 Å². The SMILES string of the molecule is CCCNC(c1nn(C)c2ccccc12)c1nccn1C. The molecule has 1 aromatic carbocycles. The van der Waals surface area contributed by atoms with Gasteiger partial charge in [0, 0.05) is 31.9 Å². The van der Waals surface area contributed by atoms with Crippen LogP contribution in [-0.2, 0) is 14.1 Å². The largest absolute Gasteiger partial charge is 0.336 e. The molecule has 5 nitrogen and oxygen atoms in total. The number of nitrogens with zero attached hydrogens (tertiary/aromatic N) is 4. The molecule has 0 aliphatic carbocycles. The number of para-hydroxylation sites is 1. The Labute approximate surface area is 124 Å². The van der Waals surface area contributed by atoms with Crippen molar-refractivity contribution in [2.45, 2.75) is 19.4 Å².